The average molecular weight is 250 g/mol. The van der Waals surface area contributed by atoms with E-state index in [1.165, 1.54) is 13.3 Å². The fourth-order valence-electron chi connectivity index (χ4n) is 0.683. The highest BCUT2D eigenvalue weighted by Crippen LogP contribution is 2.22. The summed E-state index contributed by atoms with van der Waals surface area (Å²) in [7, 11) is 1.50. The highest BCUT2D eigenvalue weighted by molar-refractivity contribution is 9.10. The largest absolute Gasteiger partial charge is 0.480 e. The van der Waals surface area contributed by atoms with Crippen molar-refractivity contribution < 1.29 is 9.53 Å². The van der Waals surface area contributed by atoms with E-state index in [0.29, 0.717) is 15.9 Å². The summed E-state index contributed by atoms with van der Waals surface area (Å²) in [5.74, 6) is 0.427. The van der Waals surface area contributed by atoms with Crippen LogP contribution >= 0.6 is 27.5 Å². The molecule has 1 heterocycles. The third-order valence-corrected chi connectivity index (χ3v) is 2.01. The lowest BCUT2D eigenvalue weighted by molar-refractivity contribution is 0.108. The summed E-state index contributed by atoms with van der Waals surface area (Å²) in [6.07, 6.45) is 1.36. The van der Waals surface area contributed by atoms with Crippen molar-refractivity contribution in [3.63, 3.8) is 0 Å². The number of carbonyl (C=O) groups excluding carboxylic acids is 1. The fraction of sp³-hybridized carbons (Fsp3) is 0.143. The summed E-state index contributed by atoms with van der Waals surface area (Å²) in [5, 5.41) is -0.536. The van der Waals surface area contributed by atoms with E-state index in [2.05, 4.69) is 20.9 Å². The van der Waals surface area contributed by atoms with Gasteiger partial charge in [-0.05, 0) is 33.6 Å². The van der Waals surface area contributed by atoms with Gasteiger partial charge >= 0.3 is 0 Å². The molecule has 1 rings (SSSR count). The molecule has 12 heavy (non-hydrogen) atoms. The van der Waals surface area contributed by atoms with Crippen molar-refractivity contribution in [2.45, 2.75) is 0 Å². The summed E-state index contributed by atoms with van der Waals surface area (Å²) in [4.78, 5) is 14.5. The maximum atomic E-state index is 10.7. The van der Waals surface area contributed by atoms with Crippen molar-refractivity contribution in [2.24, 2.45) is 0 Å². The van der Waals surface area contributed by atoms with Crippen LogP contribution in [0.25, 0.3) is 0 Å². The van der Waals surface area contributed by atoms with Gasteiger partial charge in [0, 0.05) is 6.20 Å². The zero-order valence-corrected chi connectivity index (χ0v) is 8.52. The third kappa shape index (κ3) is 1.95. The van der Waals surface area contributed by atoms with Crippen LogP contribution in [0.3, 0.4) is 0 Å². The number of carbonyl (C=O) groups is 1. The first kappa shape index (κ1) is 9.48. The number of pyridine rings is 1. The van der Waals surface area contributed by atoms with Crippen LogP contribution in [0.4, 0.5) is 0 Å². The van der Waals surface area contributed by atoms with Gasteiger partial charge in [-0.15, -0.1) is 0 Å². The molecular formula is C7H5BrClNO2. The number of hydrogen-bond acceptors (Lipinski definition) is 3. The molecule has 0 aromatic carbocycles. The molecule has 3 nitrogen and oxygen atoms in total. The second kappa shape index (κ2) is 3.87. The maximum Gasteiger partial charge on any atom is 0.253 e. The van der Waals surface area contributed by atoms with Crippen LogP contribution in [0.1, 0.15) is 10.4 Å². The van der Waals surface area contributed by atoms with E-state index in [0.717, 1.165) is 0 Å². The minimum atomic E-state index is -0.536. The van der Waals surface area contributed by atoms with E-state index in [4.69, 9.17) is 16.3 Å². The molecule has 0 unspecified atom stereocenters. The highest BCUT2D eigenvalue weighted by Gasteiger charge is 2.06. The Morgan fingerprint density at radius 1 is 1.75 bits per heavy atom. The molecule has 64 valence electrons. The van der Waals surface area contributed by atoms with Gasteiger partial charge in [-0.3, -0.25) is 4.79 Å². The van der Waals surface area contributed by atoms with Gasteiger partial charge in [-0.2, -0.15) is 0 Å². The molecule has 0 bridgehead atoms. The Morgan fingerprint density at radius 3 is 2.83 bits per heavy atom. The molecule has 0 radical (unpaired) electrons. The number of ether oxygens (including phenoxy) is 1. The van der Waals surface area contributed by atoms with Gasteiger partial charge in [0.1, 0.15) is 0 Å². The molecule has 1 aromatic heterocycles. The van der Waals surface area contributed by atoms with Crippen molar-refractivity contribution in [1.29, 1.82) is 0 Å². The summed E-state index contributed by atoms with van der Waals surface area (Å²) in [6.45, 7) is 0. The molecule has 5 heteroatoms. The number of aromatic nitrogens is 1. The van der Waals surface area contributed by atoms with E-state index in [1.807, 2.05) is 0 Å². The van der Waals surface area contributed by atoms with Crippen LogP contribution in [0, 0.1) is 0 Å². The summed E-state index contributed by atoms with van der Waals surface area (Å²) in [5.41, 5.74) is 0.337. The van der Waals surface area contributed by atoms with Crippen LogP contribution in [0.15, 0.2) is 16.7 Å². The lowest BCUT2D eigenvalue weighted by Gasteiger charge is -2.01. The zero-order chi connectivity index (χ0) is 9.14. The van der Waals surface area contributed by atoms with E-state index in [1.54, 1.807) is 6.07 Å². The Balaban J connectivity index is 3.10. The summed E-state index contributed by atoms with van der Waals surface area (Å²) >= 11 is 8.41. The Morgan fingerprint density at radius 2 is 2.42 bits per heavy atom. The topological polar surface area (TPSA) is 39.2 Å². The van der Waals surface area contributed by atoms with E-state index < -0.39 is 5.24 Å². The molecule has 0 N–H and O–H groups in total. The summed E-state index contributed by atoms with van der Waals surface area (Å²) in [6, 6.07) is 1.56. The minimum absolute atomic E-state index is 0.337. The van der Waals surface area contributed by atoms with E-state index >= 15 is 0 Å². The molecule has 0 fully saturated rings. The van der Waals surface area contributed by atoms with Crippen LogP contribution in [0.5, 0.6) is 5.88 Å². The first-order chi connectivity index (χ1) is 5.65. The monoisotopic (exact) mass is 249 g/mol. The number of halogens is 2. The Kier molecular flexibility index (Phi) is 3.05. The first-order valence-corrected chi connectivity index (χ1v) is 4.21. The van der Waals surface area contributed by atoms with Gasteiger partial charge < -0.3 is 4.74 Å². The Labute approximate surface area is 82.8 Å². The molecule has 0 amide bonds. The second-order valence-corrected chi connectivity index (χ2v) is 3.19. The number of nitrogens with zero attached hydrogens (tertiary/aromatic N) is 1. The average Bonchev–Trinajstić information content (AvgIpc) is 2.04. The molecule has 0 spiro atoms. The van der Waals surface area contributed by atoms with Gasteiger partial charge in [-0.25, -0.2) is 4.98 Å². The van der Waals surface area contributed by atoms with Crippen LogP contribution in [0.2, 0.25) is 0 Å². The zero-order valence-electron chi connectivity index (χ0n) is 6.17. The Bertz CT molecular complexity index is 316. The summed E-state index contributed by atoms with van der Waals surface area (Å²) < 4.78 is 5.48. The molecule has 1 aromatic rings. The minimum Gasteiger partial charge on any atom is -0.480 e. The van der Waals surface area contributed by atoms with Crippen LogP contribution < -0.4 is 4.74 Å². The maximum absolute atomic E-state index is 10.7. The molecule has 0 saturated carbocycles. The highest BCUT2D eigenvalue weighted by atomic mass is 79.9. The molecule has 0 aliphatic carbocycles. The predicted molar refractivity (Wildman–Crippen MR) is 48.7 cm³/mol. The van der Waals surface area contributed by atoms with Crippen molar-refractivity contribution in [2.75, 3.05) is 7.11 Å². The molecule has 0 aliphatic rings. The van der Waals surface area contributed by atoms with Crippen LogP contribution in [-0.4, -0.2) is 17.3 Å². The Hall–Kier alpha value is -0.610. The number of hydrogen-bond donors (Lipinski definition) is 0. The molecule has 0 saturated heterocycles. The van der Waals surface area contributed by atoms with E-state index in [9.17, 15) is 4.79 Å². The lowest BCUT2D eigenvalue weighted by atomic mass is 10.3. The SMILES string of the molecule is COc1ncc(C(=O)Cl)cc1Br. The standard InChI is InChI=1S/C7H5BrClNO2/c1-12-7-5(8)2-4(3-10-7)6(9)11/h2-3H,1H3. The van der Waals surface area contributed by atoms with Crippen molar-refractivity contribution in [1.82, 2.24) is 4.98 Å². The molecule has 0 atom stereocenters. The van der Waals surface area contributed by atoms with Gasteiger partial charge in [0.15, 0.2) is 0 Å². The fourth-order valence-corrected chi connectivity index (χ4v) is 1.30. The molecular weight excluding hydrogens is 245 g/mol. The molecule has 0 aliphatic heterocycles. The second-order valence-electron chi connectivity index (χ2n) is 1.99. The number of methoxy groups -OCH3 is 1. The number of rotatable bonds is 2. The van der Waals surface area contributed by atoms with E-state index in [-0.39, 0.29) is 0 Å². The van der Waals surface area contributed by atoms with Gasteiger partial charge in [-0.1, -0.05) is 0 Å². The van der Waals surface area contributed by atoms with Gasteiger partial charge in [0.25, 0.3) is 5.24 Å². The quantitative estimate of drug-likeness (QED) is 0.756. The van der Waals surface area contributed by atoms with Crippen LogP contribution in [-0.2, 0) is 0 Å². The third-order valence-electron chi connectivity index (χ3n) is 1.23. The normalized spacial score (nSPS) is 9.58. The van der Waals surface area contributed by atoms with Crippen molar-refractivity contribution in [3.05, 3.63) is 22.3 Å². The van der Waals surface area contributed by atoms with Gasteiger partial charge in [0.05, 0.1) is 17.1 Å². The lowest BCUT2D eigenvalue weighted by Crippen LogP contribution is -1.94. The van der Waals surface area contributed by atoms with Crippen molar-refractivity contribution in [3.8, 4) is 5.88 Å². The van der Waals surface area contributed by atoms with Gasteiger partial charge in [0.2, 0.25) is 5.88 Å². The van der Waals surface area contributed by atoms with Crippen molar-refractivity contribution >= 4 is 32.8 Å². The smallest absolute Gasteiger partial charge is 0.253 e. The predicted octanol–water partition coefficient (Wildman–Crippen LogP) is 2.23. The first-order valence-electron chi connectivity index (χ1n) is 3.04.